The molecule has 2 nitrogen and oxygen atoms in total. The Hall–Kier alpha value is -0.580. The molecule has 2 aromatic rings. The molecule has 2 rings (SSSR count). The second-order valence-electron chi connectivity index (χ2n) is 4.91. The van der Waals surface area contributed by atoms with E-state index in [1.807, 2.05) is 0 Å². The molecule has 0 fully saturated rings. The summed E-state index contributed by atoms with van der Waals surface area (Å²) in [5.74, 6) is 0. The van der Waals surface area contributed by atoms with E-state index in [1.165, 1.54) is 10.3 Å². The largest absolute Gasteiger partial charge is 0.253 e. The number of nitrogens with one attached hydrogen (secondary N) is 1. The van der Waals surface area contributed by atoms with E-state index < -0.39 is 0 Å². The highest BCUT2D eigenvalue weighted by Gasteiger charge is 2.11. The van der Waals surface area contributed by atoms with Crippen LogP contribution in [0.15, 0.2) is 22.5 Å². The number of nitrogens with zero attached hydrogens (tertiary/aromatic N) is 1. The molecule has 0 atom stereocenters. The van der Waals surface area contributed by atoms with Crippen molar-refractivity contribution in [2.45, 2.75) is 37.6 Å². The maximum Gasteiger partial charge on any atom is 0.166 e. The zero-order valence-corrected chi connectivity index (χ0v) is 11.6. The molecule has 0 radical (unpaired) electrons. The van der Waals surface area contributed by atoms with Crippen LogP contribution in [-0.2, 0) is 0 Å². The lowest BCUT2D eigenvalue weighted by Crippen LogP contribution is -2.29. The average molecular weight is 252 g/mol. The maximum atomic E-state index is 4.58. The van der Waals surface area contributed by atoms with Crippen LogP contribution in [0.2, 0.25) is 0 Å². The molecule has 0 saturated heterocycles. The molecule has 86 valence electrons. The molecule has 0 saturated carbocycles. The van der Waals surface area contributed by atoms with Crippen molar-refractivity contribution in [1.82, 2.24) is 9.71 Å². The van der Waals surface area contributed by atoms with Crippen LogP contribution < -0.4 is 4.72 Å². The van der Waals surface area contributed by atoms with Gasteiger partial charge < -0.3 is 0 Å². The van der Waals surface area contributed by atoms with Gasteiger partial charge >= 0.3 is 0 Å². The van der Waals surface area contributed by atoms with Gasteiger partial charge in [-0.25, -0.2) is 4.98 Å². The molecule has 0 aliphatic rings. The first-order valence-corrected chi connectivity index (χ1v) is 6.88. The van der Waals surface area contributed by atoms with E-state index in [9.17, 15) is 0 Å². The second kappa shape index (κ2) is 4.35. The van der Waals surface area contributed by atoms with Gasteiger partial charge in [0, 0.05) is 5.54 Å². The maximum absolute atomic E-state index is 4.58. The van der Waals surface area contributed by atoms with Crippen molar-refractivity contribution in [2.24, 2.45) is 0 Å². The predicted octanol–water partition coefficient (Wildman–Crippen LogP) is 4.00. The van der Waals surface area contributed by atoms with Crippen LogP contribution in [-0.4, -0.2) is 10.5 Å². The van der Waals surface area contributed by atoms with Gasteiger partial charge in [0.05, 0.1) is 10.2 Å². The van der Waals surface area contributed by atoms with E-state index in [-0.39, 0.29) is 5.54 Å². The summed E-state index contributed by atoms with van der Waals surface area (Å²) >= 11 is 3.36. The normalized spacial score (nSPS) is 12.2. The summed E-state index contributed by atoms with van der Waals surface area (Å²) in [7, 11) is 0. The number of fused-ring (bicyclic) bond motifs is 1. The highest BCUT2D eigenvalue weighted by atomic mass is 32.2. The summed E-state index contributed by atoms with van der Waals surface area (Å²) in [5.41, 5.74) is 2.49. The summed E-state index contributed by atoms with van der Waals surface area (Å²) in [5, 5.41) is 0. The van der Waals surface area contributed by atoms with Gasteiger partial charge in [-0.15, -0.1) is 11.3 Å². The Balaban J connectivity index is 2.20. The topological polar surface area (TPSA) is 24.9 Å². The molecule has 0 aliphatic heterocycles. The Morgan fingerprint density at radius 3 is 2.75 bits per heavy atom. The van der Waals surface area contributed by atoms with Crippen LogP contribution in [0, 0.1) is 6.92 Å². The van der Waals surface area contributed by atoms with Crippen LogP contribution in [0.25, 0.3) is 10.2 Å². The third-order valence-electron chi connectivity index (χ3n) is 1.97. The van der Waals surface area contributed by atoms with E-state index in [2.05, 4.69) is 55.6 Å². The summed E-state index contributed by atoms with van der Waals surface area (Å²) in [6, 6.07) is 6.38. The molecule has 0 amide bonds. The molecule has 0 aliphatic carbocycles. The first-order valence-electron chi connectivity index (χ1n) is 5.25. The number of thiazole rings is 1. The fourth-order valence-electron chi connectivity index (χ4n) is 1.25. The Bertz CT molecular complexity index is 497. The Morgan fingerprint density at radius 2 is 2.06 bits per heavy atom. The summed E-state index contributed by atoms with van der Waals surface area (Å²) in [6.07, 6.45) is 0. The van der Waals surface area contributed by atoms with Crippen molar-refractivity contribution in [3.05, 3.63) is 23.8 Å². The van der Waals surface area contributed by atoms with Gasteiger partial charge in [-0.1, -0.05) is 6.07 Å². The highest BCUT2D eigenvalue weighted by molar-refractivity contribution is 7.99. The molecule has 1 aromatic carbocycles. The zero-order valence-electron chi connectivity index (χ0n) is 10.00. The van der Waals surface area contributed by atoms with Crippen molar-refractivity contribution in [2.75, 3.05) is 0 Å². The third-order valence-corrected chi connectivity index (χ3v) is 4.26. The zero-order chi connectivity index (χ0) is 11.8. The monoisotopic (exact) mass is 252 g/mol. The van der Waals surface area contributed by atoms with E-state index in [1.54, 1.807) is 23.3 Å². The summed E-state index contributed by atoms with van der Waals surface area (Å²) < 4.78 is 5.72. The first kappa shape index (κ1) is 11.9. The fraction of sp³-hybridized carbons (Fsp3) is 0.417. The highest BCUT2D eigenvalue weighted by Crippen LogP contribution is 2.29. The van der Waals surface area contributed by atoms with Crippen molar-refractivity contribution in [1.29, 1.82) is 0 Å². The minimum atomic E-state index is 0.110. The molecule has 1 aromatic heterocycles. The number of rotatable bonds is 2. The van der Waals surface area contributed by atoms with Crippen LogP contribution in [0.1, 0.15) is 26.3 Å². The van der Waals surface area contributed by atoms with Crippen LogP contribution in [0.4, 0.5) is 0 Å². The standard InChI is InChI=1S/C12H16N2S2/c1-8-5-6-9-10(7-8)15-11(13-9)16-14-12(2,3)4/h5-7,14H,1-4H3. The SMILES string of the molecule is Cc1ccc2nc(SNC(C)(C)C)sc2c1. The van der Waals surface area contributed by atoms with Crippen molar-refractivity contribution < 1.29 is 0 Å². The average Bonchev–Trinajstić information content (AvgIpc) is 2.55. The molecular formula is C12H16N2S2. The minimum Gasteiger partial charge on any atom is -0.253 e. The van der Waals surface area contributed by atoms with Crippen LogP contribution >= 0.6 is 23.3 Å². The predicted molar refractivity (Wildman–Crippen MR) is 73.1 cm³/mol. The van der Waals surface area contributed by atoms with Gasteiger partial charge in [0.15, 0.2) is 4.34 Å². The quantitative estimate of drug-likeness (QED) is 0.818. The number of hydrogen-bond acceptors (Lipinski definition) is 4. The number of aryl methyl sites for hydroxylation is 1. The van der Waals surface area contributed by atoms with Crippen LogP contribution in [0.3, 0.4) is 0 Å². The number of benzene rings is 1. The molecular weight excluding hydrogens is 236 g/mol. The van der Waals surface area contributed by atoms with Gasteiger partial charge in [0.2, 0.25) is 0 Å². The molecule has 1 heterocycles. The lowest BCUT2D eigenvalue weighted by molar-refractivity contribution is 0.535. The van der Waals surface area contributed by atoms with Gasteiger partial charge in [-0.05, 0) is 57.3 Å². The third kappa shape index (κ3) is 2.97. The van der Waals surface area contributed by atoms with Gasteiger partial charge in [0.25, 0.3) is 0 Å². The molecule has 1 N–H and O–H groups in total. The Labute approximate surface area is 105 Å². The second-order valence-corrected chi connectivity index (χ2v) is 6.99. The first-order chi connectivity index (χ1) is 7.44. The fourth-order valence-corrected chi connectivity index (χ4v) is 3.14. The van der Waals surface area contributed by atoms with E-state index >= 15 is 0 Å². The van der Waals surface area contributed by atoms with E-state index in [0.717, 1.165) is 9.86 Å². The Morgan fingerprint density at radius 1 is 1.31 bits per heavy atom. The van der Waals surface area contributed by atoms with Gasteiger partial charge in [0.1, 0.15) is 0 Å². The van der Waals surface area contributed by atoms with E-state index in [0.29, 0.717) is 0 Å². The molecule has 0 bridgehead atoms. The molecule has 0 spiro atoms. The van der Waals surface area contributed by atoms with Crippen molar-refractivity contribution >= 4 is 33.5 Å². The summed E-state index contributed by atoms with van der Waals surface area (Å²) in [4.78, 5) is 4.58. The van der Waals surface area contributed by atoms with Crippen LogP contribution in [0.5, 0.6) is 0 Å². The summed E-state index contributed by atoms with van der Waals surface area (Å²) in [6.45, 7) is 8.56. The minimum absolute atomic E-state index is 0.110. The smallest absolute Gasteiger partial charge is 0.166 e. The van der Waals surface area contributed by atoms with Crippen molar-refractivity contribution in [3.63, 3.8) is 0 Å². The lowest BCUT2D eigenvalue weighted by Gasteiger charge is -2.17. The number of hydrogen-bond donors (Lipinski definition) is 1. The molecule has 4 heteroatoms. The molecule has 16 heavy (non-hydrogen) atoms. The van der Waals surface area contributed by atoms with Gasteiger partial charge in [-0.3, -0.25) is 4.72 Å². The molecule has 0 unspecified atom stereocenters. The lowest BCUT2D eigenvalue weighted by atomic mass is 10.1. The Kier molecular flexibility index (Phi) is 3.24. The van der Waals surface area contributed by atoms with Crippen molar-refractivity contribution in [3.8, 4) is 0 Å². The van der Waals surface area contributed by atoms with E-state index in [4.69, 9.17) is 0 Å². The number of aromatic nitrogens is 1. The van der Waals surface area contributed by atoms with Gasteiger partial charge in [-0.2, -0.15) is 0 Å².